The highest BCUT2D eigenvalue weighted by Crippen LogP contribution is 2.87. The van der Waals surface area contributed by atoms with Crippen LogP contribution in [0.2, 0.25) is 0 Å². The van der Waals surface area contributed by atoms with E-state index in [1.54, 1.807) is 0 Å². The number of fused-ring (bicyclic) bond motifs is 7. The predicted octanol–water partition coefficient (Wildman–Crippen LogP) is 5.52. The smallest absolute Gasteiger partial charge is 0.169 e. The van der Waals surface area contributed by atoms with Gasteiger partial charge in [0.25, 0.3) is 0 Å². The molecule has 0 aromatic heterocycles. The molecule has 0 amide bonds. The molecule has 3 N–H and O–H groups in total. The number of aliphatic hydroxyl groups is 3. The Morgan fingerprint density at radius 3 is 2.19 bits per heavy atom. The van der Waals surface area contributed by atoms with Crippen LogP contribution in [0.3, 0.4) is 0 Å². The molecule has 6 fully saturated rings. The van der Waals surface area contributed by atoms with Gasteiger partial charge in [-0.1, -0.05) is 20.8 Å². The van der Waals surface area contributed by atoms with E-state index in [1.165, 1.54) is 57.8 Å². The highest BCUT2D eigenvalue weighted by Gasteiger charge is 2.84. The van der Waals surface area contributed by atoms with Gasteiger partial charge < -0.3 is 15.3 Å². The topological polar surface area (TPSA) is 60.7 Å². The Morgan fingerprint density at radius 1 is 0.839 bits per heavy atom. The minimum Gasteiger partial charge on any atom is -0.396 e. The molecular weight excluding hydrogens is 384 g/mol. The first-order valence-electron chi connectivity index (χ1n) is 13.7. The minimum absolute atomic E-state index is 0.176. The van der Waals surface area contributed by atoms with Crippen molar-refractivity contribution in [1.82, 2.24) is 0 Å². The van der Waals surface area contributed by atoms with E-state index in [-0.39, 0.29) is 10.8 Å². The number of rotatable bonds is 4. The molecule has 6 aliphatic rings. The summed E-state index contributed by atoms with van der Waals surface area (Å²) < 4.78 is 0. The maximum atomic E-state index is 11.2. The second-order valence-corrected chi connectivity index (χ2v) is 13.7. The molecule has 8 atom stereocenters. The summed E-state index contributed by atoms with van der Waals surface area (Å²) in [5, 5.41) is 31.7. The van der Waals surface area contributed by atoms with Crippen LogP contribution >= 0.6 is 0 Å². The molecule has 0 heterocycles. The van der Waals surface area contributed by atoms with Gasteiger partial charge in [0.05, 0.1) is 0 Å². The van der Waals surface area contributed by atoms with Crippen LogP contribution in [0.15, 0.2) is 0 Å². The highest BCUT2D eigenvalue weighted by molar-refractivity contribution is 5.30. The third-order valence-electron chi connectivity index (χ3n) is 13.2. The standard InChI is InChI=1S/C28H46O3/c1-18(5-4-16-29)21-8-9-22-20-7-6-19-17-28(30,31)27(14-15-27)26(12-13-26)25(19,3)23(20)10-11-24(21,22)2/h18-23,29-31H,4-17H2,1-3H3/t18-,19+,20+,21-,22+,23+,24-,25+/m1/s1. The SMILES string of the molecule is C[C@H](CCCO)[C@H]1CC[C@H]2[C@@H]3CC[C@H]4CC(O)(O)C5(CC5)C5(CC5)[C@]4(C)[C@H]3CC[C@]12C. The lowest BCUT2D eigenvalue weighted by Crippen LogP contribution is -2.65. The van der Waals surface area contributed by atoms with Crippen molar-refractivity contribution in [3.05, 3.63) is 0 Å². The highest BCUT2D eigenvalue weighted by atomic mass is 16.5. The van der Waals surface area contributed by atoms with Crippen molar-refractivity contribution in [2.45, 2.75) is 110 Å². The Kier molecular flexibility index (Phi) is 4.50. The predicted molar refractivity (Wildman–Crippen MR) is 122 cm³/mol. The monoisotopic (exact) mass is 430 g/mol. The van der Waals surface area contributed by atoms with Gasteiger partial charge in [-0.25, -0.2) is 0 Å². The van der Waals surface area contributed by atoms with E-state index in [1.807, 2.05) is 0 Å². The molecule has 6 aliphatic carbocycles. The van der Waals surface area contributed by atoms with Crippen LogP contribution in [0, 0.1) is 57.2 Å². The molecule has 3 heteroatoms. The van der Waals surface area contributed by atoms with Crippen LogP contribution < -0.4 is 0 Å². The molecule has 2 spiro atoms. The minimum atomic E-state index is -1.41. The molecule has 0 aromatic rings. The third-order valence-corrected chi connectivity index (χ3v) is 13.2. The second kappa shape index (κ2) is 6.51. The van der Waals surface area contributed by atoms with Gasteiger partial charge in [0, 0.05) is 18.4 Å². The third kappa shape index (κ3) is 2.42. The zero-order valence-corrected chi connectivity index (χ0v) is 20.2. The number of aliphatic hydroxyl groups excluding tert-OH is 1. The molecule has 6 rings (SSSR count). The molecule has 0 saturated heterocycles. The van der Waals surface area contributed by atoms with E-state index >= 15 is 0 Å². The van der Waals surface area contributed by atoms with Crippen LogP contribution in [-0.4, -0.2) is 27.7 Å². The summed E-state index contributed by atoms with van der Waals surface area (Å²) >= 11 is 0. The fourth-order valence-corrected chi connectivity index (χ4v) is 11.7. The van der Waals surface area contributed by atoms with Gasteiger partial charge in [-0.3, -0.25) is 0 Å². The Morgan fingerprint density at radius 2 is 1.55 bits per heavy atom. The summed E-state index contributed by atoms with van der Waals surface area (Å²) in [6.07, 6.45) is 15.4. The average Bonchev–Trinajstić information content (AvgIpc) is 3.62. The molecule has 6 saturated carbocycles. The van der Waals surface area contributed by atoms with Gasteiger partial charge in [-0.05, 0) is 129 Å². The Bertz CT molecular complexity index is 737. The van der Waals surface area contributed by atoms with E-state index in [9.17, 15) is 15.3 Å². The molecule has 0 radical (unpaired) electrons. The summed E-state index contributed by atoms with van der Waals surface area (Å²) in [5.74, 6) is 3.17. The van der Waals surface area contributed by atoms with E-state index in [0.717, 1.165) is 48.9 Å². The summed E-state index contributed by atoms with van der Waals surface area (Å²) in [6, 6.07) is 0. The van der Waals surface area contributed by atoms with Crippen molar-refractivity contribution >= 4 is 0 Å². The lowest BCUT2D eigenvalue weighted by molar-refractivity contribution is -0.310. The summed E-state index contributed by atoms with van der Waals surface area (Å²) in [6.45, 7) is 8.06. The van der Waals surface area contributed by atoms with Crippen LogP contribution in [-0.2, 0) is 0 Å². The normalized spacial score (nSPS) is 51.1. The van der Waals surface area contributed by atoms with Gasteiger partial charge >= 0.3 is 0 Å². The van der Waals surface area contributed by atoms with Gasteiger partial charge in [0.1, 0.15) is 0 Å². The van der Waals surface area contributed by atoms with Crippen molar-refractivity contribution in [3.63, 3.8) is 0 Å². The van der Waals surface area contributed by atoms with Crippen LogP contribution in [0.1, 0.15) is 104 Å². The zero-order chi connectivity index (χ0) is 21.9. The number of hydrogen-bond donors (Lipinski definition) is 3. The first kappa shape index (κ1) is 21.4. The zero-order valence-electron chi connectivity index (χ0n) is 20.2. The quantitative estimate of drug-likeness (QED) is 0.515. The van der Waals surface area contributed by atoms with Gasteiger partial charge in [0.15, 0.2) is 5.79 Å². The average molecular weight is 431 g/mol. The molecule has 3 nitrogen and oxygen atoms in total. The largest absolute Gasteiger partial charge is 0.396 e. The Hall–Kier alpha value is -0.120. The van der Waals surface area contributed by atoms with Crippen molar-refractivity contribution < 1.29 is 15.3 Å². The van der Waals surface area contributed by atoms with Crippen molar-refractivity contribution in [2.75, 3.05) is 6.61 Å². The van der Waals surface area contributed by atoms with E-state index in [2.05, 4.69) is 20.8 Å². The Balaban J connectivity index is 1.31. The fourth-order valence-electron chi connectivity index (χ4n) is 11.7. The van der Waals surface area contributed by atoms with Crippen molar-refractivity contribution in [2.24, 2.45) is 57.2 Å². The summed E-state index contributed by atoms with van der Waals surface area (Å²) in [7, 11) is 0. The summed E-state index contributed by atoms with van der Waals surface area (Å²) in [4.78, 5) is 0. The van der Waals surface area contributed by atoms with Gasteiger partial charge in [0.2, 0.25) is 0 Å². The molecule has 31 heavy (non-hydrogen) atoms. The molecule has 0 unspecified atom stereocenters. The van der Waals surface area contributed by atoms with Crippen LogP contribution in [0.25, 0.3) is 0 Å². The van der Waals surface area contributed by atoms with Gasteiger partial charge in [-0.15, -0.1) is 0 Å². The van der Waals surface area contributed by atoms with E-state index < -0.39 is 5.79 Å². The molecular formula is C28H46O3. The summed E-state index contributed by atoms with van der Waals surface area (Å²) in [5.41, 5.74) is 0.851. The van der Waals surface area contributed by atoms with Gasteiger partial charge in [-0.2, -0.15) is 0 Å². The first-order chi connectivity index (χ1) is 14.7. The first-order valence-corrected chi connectivity index (χ1v) is 13.7. The molecule has 0 aromatic carbocycles. The lowest BCUT2D eigenvalue weighted by Gasteiger charge is -2.67. The molecule has 0 bridgehead atoms. The fraction of sp³-hybridized carbons (Fsp3) is 1.00. The number of hydrogen-bond acceptors (Lipinski definition) is 3. The van der Waals surface area contributed by atoms with E-state index in [4.69, 9.17) is 0 Å². The maximum Gasteiger partial charge on any atom is 0.169 e. The van der Waals surface area contributed by atoms with Crippen molar-refractivity contribution in [3.8, 4) is 0 Å². The molecule has 0 aliphatic heterocycles. The van der Waals surface area contributed by atoms with Crippen molar-refractivity contribution in [1.29, 1.82) is 0 Å². The second-order valence-electron chi connectivity index (χ2n) is 13.7. The maximum absolute atomic E-state index is 11.2. The lowest BCUT2D eigenvalue weighted by atomic mass is 9.38. The van der Waals surface area contributed by atoms with E-state index in [0.29, 0.717) is 29.8 Å². The Labute approximate surface area is 189 Å². The van der Waals surface area contributed by atoms with Crippen LogP contribution in [0.4, 0.5) is 0 Å². The molecule has 176 valence electrons. The van der Waals surface area contributed by atoms with Crippen LogP contribution in [0.5, 0.6) is 0 Å².